The first-order chi connectivity index (χ1) is 21.0. The van der Waals surface area contributed by atoms with Crippen LogP contribution in [0.15, 0.2) is 48.8 Å². The molecule has 4 rings (SSSR count). The summed E-state index contributed by atoms with van der Waals surface area (Å²) < 4.78 is 19.4. The molecule has 1 aliphatic rings. The molecule has 1 saturated heterocycles. The van der Waals surface area contributed by atoms with E-state index in [0.29, 0.717) is 17.8 Å². The lowest BCUT2D eigenvalue weighted by Crippen LogP contribution is -2.55. The first kappa shape index (κ1) is 32.7. The molecule has 2 aromatic heterocycles. The van der Waals surface area contributed by atoms with Crippen molar-refractivity contribution >= 4 is 25.6 Å². The summed E-state index contributed by atoms with van der Waals surface area (Å²) in [4.78, 5) is 63.7. The summed E-state index contributed by atoms with van der Waals surface area (Å²) in [5.41, 5.74) is 1.50. The molecule has 0 aliphatic carbocycles. The maximum atomic E-state index is 13.7. The molecule has 0 bridgehead atoms. The Morgan fingerprint density at radius 1 is 1.11 bits per heavy atom. The third-order valence-electron chi connectivity index (χ3n) is 6.78. The second-order valence-electron chi connectivity index (χ2n) is 10.2. The highest BCUT2D eigenvalue weighted by Crippen LogP contribution is 2.43. The summed E-state index contributed by atoms with van der Waals surface area (Å²) in [6, 6.07) is 9.31. The van der Waals surface area contributed by atoms with Gasteiger partial charge in [-0.1, -0.05) is 43.7 Å². The smallest absolute Gasteiger partial charge is 0.448 e. The maximum absolute atomic E-state index is 13.7. The molecular formula is C28H36N7O8P. The van der Waals surface area contributed by atoms with Crippen LogP contribution in [0.4, 0.5) is 4.79 Å². The Bertz CT molecular complexity index is 1490. The van der Waals surface area contributed by atoms with Crippen LogP contribution >= 0.6 is 7.60 Å². The van der Waals surface area contributed by atoms with E-state index in [9.17, 15) is 23.8 Å². The Morgan fingerprint density at radius 2 is 1.84 bits per heavy atom. The zero-order valence-electron chi connectivity index (χ0n) is 24.5. The molecule has 1 unspecified atom stereocenters. The van der Waals surface area contributed by atoms with Crippen LogP contribution in [0.1, 0.15) is 42.2 Å². The van der Waals surface area contributed by atoms with Crippen LogP contribution in [-0.2, 0) is 18.7 Å². The van der Waals surface area contributed by atoms with Gasteiger partial charge in [-0.25, -0.2) is 19.4 Å². The molecule has 0 radical (unpaired) electrons. The molecule has 3 aromatic rings. The van der Waals surface area contributed by atoms with Crippen LogP contribution in [0, 0.1) is 6.92 Å². The molecule has 1 aliphatic heterocycles. The molecule has 236 valence electrons. The number of nitrogens with zero attached hydrogens (tertiary/aromatic N) is 6. The van der Waals surface area contributed by atoms with Gasteiger partial charge in [-0.05, 0) is 25.3 Å². The Labute approximate surface area is 254 Å². The van der Waals surface area contributed by atoms with Gasteiger partial charge in [0.25, 0.3) is 5.91 Å². The summed E-state index contributed by atoms with van der Waals surface area (Å²) in [5.74, 6) is -0.593. The number of rotatable bonds is 13. The SMILES string of the molecule is CCCCOP(=O)(O)CC[C@H](NC(=O)c1cc(-n2cc(C)cn2)nc(-c2ccccc2)n1)C(=O)N1CCN(OC(=O)O)CC1. The van der Waals surface area contributed by atoms with Crippen LogP contribution < -0.4 is 5.32 Å². The lowest BCUT2D eigenvalue weighted by atomic mass is 10.1. The molecule has 3 heterocycles. The van der Waals surface area contributed by atoms with Gasteiger partial charge in [0.05, 0.1) is 32.1 Å². The second kappa shape index (κ2) is 15.0. The minimum absolute atomic E-state index is 0.0362. The van der Waals surface area contributed by atoms with Gasteiger partial charge in [0.2, 0.25) is 5.91 Å². The molecular weight excluding hydrogens is 593 g/mol. The van der Waals surface area contributed by atoms with Gasteiger partial charge in [0.15, 0.2) is 11.6 Å². The van der Waals surface area contributed by atoms with Crippen molar-refractivity contribution in [2.24, 2.45) is 0 Å². The third kappa shape index (κ3) is 9.16. The number of amides is 2. The Kier molecular flexibility index (Phi) is 11.2. The summed E-state index contributed by atoms with van der Waals surface area (Å²) in [5, 5.41) is 17.1. The van der Waals surface area contributed by atoms with Crippen molar-refractivity contribution in [1.29, 1.82) is 0 Å². The van der Waals surface area contributed by atoms with E-state index >= 15 is 0 Å². The van der Waals surface area contributed by atoms with Crippen molar-refractivity contribution in [3.05, 3.63) is 60.0 Å². The standard InChI is InChI=1S/C28H36N7O8P/c1-3-4-15-42-44(40,41)16-10-22(27(37)33-11-13-34(14-12-33)43-28(38)39)31-26(36)23-17-24(35-19-20(2)18-29-35)32-25(30-23)21-8-6-5-7-9-21/h5-9,17-19,22H,3-4,10-16H2,1-2H3,(H,31,36)(H,38,39)(H,40,41)/t22-/m0/s1. The van der Waals surface area contributed by atoms with E-state index in [4.69, 9.17) is 9.63 Å². The molecule has 16 heteroatoms. The van der Waals surface area contributed by atoms with Gasteiger partial charge in [0.1, 0.15) is 11.7 Å². The van der Waals surface area contributed by atoms with Crippen LogP contribution in [0.3, 0.4) is 0 Å². The summed E-state index contributed by atoms with van der Waals surface area (Å²) in [6.07, 6.45) is 2.76. The van der Waals surface area contributed by atoms with E-state index in [1.165, 1.54) is 20.7 Å². The molecule has 0 saturated carbocycles. The number of hydroxylamine groups is 2. The Hall–Kier alpha value is -4.17. The number of aromatic nitrogens is 4. The van der Waals surface area contributed by atoms with Gasteiger partial charge in [-0.2, -0.15) is 5.10 Å². The van der Waals surface area contributed by atoms with E-state index in [0.717, 1.165) is 12.0 Å². The monoisotopic (exact) mass is 629 g/mol. The van der Waals surface area contributed by atoms with Crippen molar-refractivity contribution in [2.75, 3.05) is 38.9 Å². The number of carboxylic acid groups (broad SMARTS) is 1. The predicted octanol–water partition coefficient (Wildman–Crippen LogP) is 2.88. The average molecular weight is 630 g/mol. The average Bonchev–Trinajstić information content (AvgIpc) is 3.45. The number of aryl methyl sites for hydroxylation is 1. The highest BCUT2D eigenvalue weighted by atomic mass is 31.2. The Balaban J connectivity index is 1.58. The summed E-state index contributed by atoms with van der Waals surface area (Å²) in [6.45, 7) is 4.37. The zero-order valence-corrected chi connectivity index (χ0v) is 25.4. The molecule has 2 amide bonds. The van der Waals surface area contributed by atoms with Crippen molar-refractivity contribution < 1.29 is 38.3 Å². The van der Waals surface area contributed by atoms with Gasteiger partial charge in [-0.3, -0.25) is 14.2 Å². The van der Waals surface area contributed by atoms with E-state index in [1.54, 1.807) is 24.5 Å². The fourth-order valence-electron chi connectivity index (χ4n) is 4.45. The van der Waals surface area contributed by atoms with Gasteiger partial charge >= 0.3 is 13.8 Å². The van der Waals surface area contributed by atoms with Crippen LogP contribution in [0.5, 0.6) is 0 Å². The van der Waals surface area contributed by atoms with E-state index in [1.807, 2.05) is 32.0 Å². The van der Waals surface area contributed by atoms with E-state index in [-0.39, 0.29) is 56.9 Å². The molecule has 0 spiro atoms. The van der Waals surface area contributed by atoms with Gasteiger partial charge < -0.3 is 29.6 Å². The number of carbonyl (C=O) groups excluding carboxylic acids is 2. The normalized spacial score (nSPS) is 15.8. The number of benzene rings is 1. The molecule has 1 aromatic carbocycles. The number of nitrogens with one attached hydrogen (secondary N) is 1. The predicted molar refractivity (Wildman–Crippen MR) is 158 cm³/mol. The molecule has 15 nitrogen and oxygen atoms in total. The van der Waals surface area contributed by atoms with E-state index in [2.05, 4.69) is 25.2 Å². The number of hydrogen-bond acceptors (Lipinski definition) is 10. The maximum Gasteiger partial charge on any atom is 0.525 e. The molecule has 3 N–H and O–H groups in total. The largest absolute Gasteiger partial charge is 0.525 e. The Morgan fingerprint density at radius 3 is 2.48 bits per heavy atom. The lowest BCUT2D eigenvalue weighted by molar-refractivity contribution is -0.154. The third-order valence-corrected chi connectivity index (χ3v) is 8.19. The van der Waals surface area contributed by atoms with Crippen LogP contribution in [-0.4, -0.2) is 103 Å². The lowest BCUT2D eigenvalue weighted by Gasteiger charge is -2.35. The van der Waals surface area contributed by atoms with E-state index < -0.39 is 31.6 Å². The van der Waals surface area contributed by atoms with Crippen molar-refractivity contribution in [3.8, 4) is 17.2 Å². The van der Waals surface area contributed by atoms with Crippen molar-refractivity contribution in [1.82, 2.24) is 35.0 Å². The number of piperazine rings is 1. The summed E-state index contributed by atoms with van der Waals surface area (Å²) in [7, 11) is -4.04. The number of unbranched alkanes of at least 4 members (excludes halogenated alkanes) is 1. The van der Waals surface area contributed by atoms with Crippen LogP contribution in [0.2, 0.25) is 0 Å². The topological polar surface area (TPSA) is 189 Å². The minimum atomic E-state index is -4.04. The highest BCUT2D eigenvalue weighted by molar-refractivity contribution is 7.52. The van der Waals surface area contributed by atoms with Crippen LogP contribution in [0.25, 0.3) is 17.2 Å². The number of carbonyl (C=O) groups is 3. The quantitative estimate of drug-likeness (QED) is 0.185. The molecule has 44 heavy (non-hydrogen) atoms. The first-order valence-corrected chi connectivity index (χ1v) is 16.0. The molecule has 2 atom stereocenters. The first-order valence-electron chi connectivity index (χ1n) is 14.2. The summed E-state index contributed by atoms with van der Waals surface area (Å²) >= 11 is 0. The molecule has 1 fully saturated rings. The van der Waals surface area contributed by atoms with Crippen molar-refractivity contribution in [2.45, 2.75) is 39.2 Å². The van der Waals surface area contributed by atoms with Gasteiger partial charge in [0, 0.05) is 30.9 Å². The second-order valence-corrected chi connectivity index (χ2v) is 12.2. The highest BCUT2D eigenvalue weighted by Gasteiger charge is 2.33. The van der Waals surface area contributed by atoms with Gasteiger partial charge in [-0.15, -0.1) is 5.06 Å². The minimum Gasteiger partial charge on any atom is -0.448 e. The number of hydrogen-bond donors (Lipinski definition) is 3. The van der Waals surface area contributed by atoms with Crippen molar-refractivity contribution in [3.63, 3.8) is 0 Å². The fourth-order valence-corrected chi connectivity index (χ4v) is 5.58. The fraction of sp³-hybridized carbons (Fsp3) is 0.429. The zero-order chi connectivity index (χ0) is 31.7.